The highest BCUT2D eigenvalue weighted by molar-refractivity contribution is 6.30. The highest BCUT2D eigenvalue weighted by Crippen LogP contribution is 2.17. The third-order valence-corrected chi connectivity index (χ3v) is 3.19. The van der Waals surface area contributed by atoms with Gasteiger partial charge in [0.25, 0.3) is 0 Å². The molecule has 0 radical (unpaired) electrons. The van der Waals surface area contributed by atoms with Crippen LogP contribution >= 0.6 is 11.6 Å². The summed E-state index contributed by atoms with van der Waals surface area (Å²) in [5, 5.41) is 0.691. The molecule has 0 amide bonds. The van der Waals surface area contributed by atoms with E-state index in [2.05, 4.69) is 4.98 Å². The van der Waals surface area contributed by atoms with Crippen LogP contribution in [0, 0.1) is 0 Å². The highest BCUT2D eigenvalue weighted by Gasteiger charge is 2.18. The third-order valence-electron chi connectivity index (χ3n) is 2.96. The van der Waals surface area contributed by atoms with Crippen molar-refractivity contribution >= 4 is 17.6 Å². The molecule has 0 spiro atoms. The molecule has 4 nitrogen and oxygen atoms in total. The average Bonchev–Trinajstić information content (AvgIpc) is 2.85. The zero-order valence-corrected chi connectivity index (χ0v) is 11.6. The maximum Gasteiger partial charge on any atom is 0.328 e. The van der Waals surface area contributed by atoms with E-state index in [1.54, 1.807) is 19.3 Å². The second kappa shape index (κ2) is 5.89. The summed E-state index contributed by atoms with van der Waals surface area (Å²) < 4.78 is 6.56. The zero-order valence-electron chi connectivity index (χ0n) is 10.8. The lowest BCUT2D eigenvalue weighted by Crippen LogP contribution is -2.19. The molecule has 2 aromatic rings. The molecule has 100 valence electrons. The maximum absolute atomic E-state index is 11.6. The molecule has 0 saturated heterocycles. The standard InChI is InChI=1S/C14H15ClN2O2/c1-10(14(18)19-2)17-7-6-16-13(17)9-11-4-3-5-12(15)8-11/h3-8,10H,9H2,1-2H3. The Morgan fingerprint density at radius 1 is 1.53 bits per heavy atom. The van der Waals surface area contributed by atoms with E-state index in [0.717, 1.165) is 11.4 Å². The number of hydrogen-bond acceptors (Lipinski definition) is 3. The van der Waals surface area contributed by atoms with Crippen molar-refractivity contribution in [1.29, 1.82) is 0 Å². The fourth-order valence-electron chi connectivity index (χ4n) is 1.95. The first-order valence-electron chi connectivity index (χ1n) is 5.96. The number of halogens is 1. The molecule has 19 heavy (non-hydrogen) atoms. The monoisotopic (exact) mass is 278 g/mol. The van der Waals surface area contributed by atoms with Crippen molar-refractivity contribution < 1.29 is 9.53 Å². The summed E-state index contributed by atoms with van der Waals surface area (Å²) >= 11 is 5.96. The number of rotatable bonds is 4. The van der Waals surface area contributed by atoms with Gasteiger partial charge in [-0.3, -0.25) is 0 Å². The number of carbonyl (C=O) groups is 1. The second-order valence-corrected chi connectivity index (χ2v) is 4.69. The number of carbonyl (C=O) groups excluding carboxylic acids is 1. The van der Waals surface area contributed by atoms with Crippen LogP contribution in [0.5, 0.6) is 0 Å². The lowest BCUT2D eigenvalue weighted by Gasteiger charge is -2.14. The summed E-state index contributed by atoms with van der Waals surface area (Å²) in [5.74, 6) is 0.519. The summed E-state index contributed by atoms with van der Waals surface area (Å²) in [6.07, 6.45) is 4.08. The van der Waals surface area contributed by atoms with E-state index >= 15 is 0 Å². The van der Waals surface area contributed by atoms with E-state index in [9.17, 15) is 4.79 Å². The minimum absolute atomic E-state index is 0.287. The number of hydrogen-bond donors (Lipinski definition) is 0. The molecule has 0 saturated carbocycles. The number of aromatic nitrogens is 2. The Hall–Kier alpha value is -1.81. The minimum Gasteiger partial charge on any atom is -0.467 e. The minimum atomic E-state index is -0.387. The Balaban J connectivity index is 2.23. The topological polar surface area (TPSA) is 44.1 Å². The molecule has 1 unspecified atom stereocenters. The first-order valence-corrected chi connectivity index (χ1v) is 6.33. The summed E-state index contributed by atoms with van der Waals surface area (Å²) in [6.45, 7) is 1.79. The van der Waals surface area contributed by atoms with Crippen LogP contribution in [0.25, 0.3) is 0 Å². The van der Waals surface area contributed by atoms with Crippen LogP contribution in [0.4, 0.5) is 0 Å². The number of ether oxygens (including phenoxy) is 1. The third kappa shape index (κ3) is 3.15. The molecule has 1 aromatic carbocycles. The van der Waals surface area contributed by atoms with Gasteiger partial charge in [0, 0.05) is 23.8 Å². The number of methoxy groups -OCH3 is 1. The zero-order chi connectivity index (χ0) is 13.8. The smallest absolute Gasteiger partial charge is 0.328 e. The Labute approximate surface area is 117 Å². The molecule has 1 aromatic heterocycles. The predicted molar refractivity (Wildman–Crippen MR) is 73.2 cm³/mol. The van der Waals surface area contributed by atoms with Crippen LogP contribution in [0.3, 0.4) is 0 Å². The van der Waals surface area contributed by atoms with Crippen LogP contribution in [-0.4, -0.2) is 22.6 Å². The summed E-state index contributed by atoms with van der Waals surface area (Å²) in [6, 6.07) is 7.21. The molecule has 5 heteroatoms. The Morgan fingerprint density at radius 2 is 2.32 bits per heavy atom. The van der Waals surface area contributed by atoms with Gasteiger partial charge in [0.05, 0.1) is 7.11 Å². The summed E-state index contributed by atoms with van der Waals surface area (Å²) in [4.78, 5) is 15.9. The summed E-state index contributed by atoms with van der Waals surface area (Å²) in [7, 11) is 1.38. The van der Waals surface area contributed by atoms with E-state index in [1.165, 1.54) is 7.11 Å². The fourth-order valence-corrected chi connectivity index (χ4v) is 2.16. The fraction of sp³-hybridized carbons (Fsp3) is 0.286. The van der Waals surface area contributed by atoms with Crippen molar-refractivity contribution in [3.63, 3.8) is 0 Å². The Bertz CT molecular complexity index is 580. The Morgan fingerprint density at radius 3 is 3.00 bits per heavy atom. The van der Waals surface area contributed by atoms with Gasteiger partial charge in [-0.05, 0) is 24.6 Å². The van der Waals surface area contributed by atoms with Gasteiger partial charge in [-0.15, -0.1) is 0 Å². The molecule has 0 aliphatic carbocycles. The van der Waals surface area contributed by atoms with Gasteiger partial charge >= 0.3 is 5.97 Å². The first kappa shape index (κ1) is 13.6. The van der Waals surface area contributed by atoms with E-state index < -0.39 is 0 Å². The normalized spacial score (nSPS) is 12.2. The van der Waals surface area contributed by atoms with Crippen molar-refractivity contribution in [3.8, 4) is 0 Å². The van der Waals surface area contributed by atoms with Crippen molar-refractivity contribution in [2.45, 2.75) is 19.4 Å². The van der Waals surface area contributed by atoms with Gasteiger partial charge in [-0.2, -0.15) is 0 Å². The molecule has 0 bridgehead atoms. The lowest BCUT2D eigenvalue weighted by molar-refractivity contribution is -0.144. The van der Waals surface area contributed by atoms with Crippen molar-refractivity contribution in [1.82, 2.24) is 9.55 Å². The van der Waals surface area contributed by atoms with Crippen molar-refractivity contribution in [2.24, 2.45) is 0 Å². The molecular weight excluding hydrogens is 264 g/mol. The lowest BCUT2D eigenvalue weighted by atomic mass is 10.1. The molecule has 0 fully saturated rings. The predicted octanol–water partition coefficient (Wildman–Crippen LogP) is 2.86. The van der Waals surface area contributed by atoms with Crippen LogP contribution in [0.2, 0.25) is 5.02 Å². The number of imidazole rings is 1. The number of benzene rings is 1. The van der Waals surface area contributed by atoms with E-state index in [4.69, 9.17) is 16.3 Å². The van der Waals surface area contributed by atoms with Crippen LogP contribution in [0.1, 0.15) is 24.4 Å². The molecule has 0 N–H and O–H groups in total. The largest absolute Gasteiger partial charge is 0.467 e. The van der Waals surface area contributed by atoms with Gasteiger partial charge in [0.15, 0.2) is 0 Å². The van der Waals surface area contributed by atoms with Gasteiger partial charge in [-0.1, -0.05) is 23.7 Å². The van der Waals surface area contributed by atoms with Gasteiger partial charge in [-0.25, -0.2) is 9.78 Å². The summed E-state index contributed by atoms with van der Waals surface area (Å²) in [5.41, 5.74) is 1.05. The molecule has 0 aliphatic heterocycles. The average molecular weight is 279 g/mol. The molecule has 1 heterocycles. The van der Waals surface area contributed by atoms with Crippen LogP contribution in [0.15, 0.2) is 36.7 Å². The molecule has 1 atom stereocenters. The second-order valence-electron chi connectivity index (χ2n) is 4.26. The highest BCUT2D eigenvalue weighted by atomic mass is 35.5. The number of esters is 1. The quantitative estimate of drug-likeness (QED) is 0.808. The van der Waals surface area contributed by atoms with E-state index in [-0.39, 0.29) is 12.0 Å². The maximum atomic E-state index is 11.6. The van der Waals surface area contributed by atoms with Gasteiger partial charge in [0.2, 0.25) is 0 Å². The Kier molecular flexibility index (Phi) is 4.22. The van der Waals surface area contributed by atoms with Crippen molar-refractivity contribution in [3.05, 3.63) is 53.1 Å². The van der Waals surface area contributed by atoms with Crippen LogP contribution in [-0.2, 0) is 16.0 Å². The van der Waals surface area contributed by atoms with E-state index in [1.807, 2.05) is 28.8 Å². The first-order chi connectivity index (χ1) is 9.11. The molecule has 2 rings (SSSR count). The SMILES string of the molecule is COC(=O)C(C)n1ccnc1Cc1cccc(Cl)c1. The van der Waals surface area contributed by atoms with E-state index in [0.29, 0.717) is 11.4 Å². The van der Waals surface area contributed by atoms with Crippen molar-refractivity contribution in [2.75, 3.05) is 7.11 Å². The van der Waals surface area contributed by atoms with Gasteiger partial charge < -0.3 is 9.30 Å². The van der Waals surface area contributed by atoms with Crippen LogP contribution < -0.4 is 0 Å². The molecule has 0 aliphatic rings. The molecular formula is C14H15ClN2O2. The van der Waals surface area contributed by atoms with Gasteiger partial charge in [0.1, 0.15) is 11.9 Å². The number of nitrogens with zero attached hydrogens (tertiary/aromatic N) is 2.